The largest absolute Gasteiger partial charge is 0.459 e. The molecular formula is C20H21ClN4O4. The highest BCUT2D eigenvalue weighted by atomic mass is 35.5. The van der Waals surface area contributed by atoms with Crippen LogP contribution in [0.5, 0.6) is 0 Å². The van der Waals surface area contributed by atoms with E-state index in [1.165, 1.54) is 6.26 Å². The third-order valence-corrected chi connectivity index (χ3v) is 4.52. The molecule has 0 aliphatic heterocycles. The van der Waals surface area contributed by atoms with Crippen LogP contribution in [0.4, 0.5) is 0 Å². The molecule has 3 aromatic rings. The molecule has 0 radical (unpaired) electrons. The normalized spacial score (nSPS) is 10.9. The molecule has 1 aromatic carbocycles. The Labute approximate surface area is 172 Å². The van der Waals surface area contributed by atoms with Crippen molar-refractivity contribution in [3.05, 3.63) is 59.3 Å². The van der Waals surface area contributed by atoms with Crippen LogP contribution in [0.2, 0.25) is 5.02 Å². The highest BCUT2D eigenvalue weighted by molar-refractivity contribution is 6.33. The number of benzene rings is 1. The number of halogens is 1. The average Bonchev–Trinajstić information content (AvgIpc) is 3.38. The third-order valence-electron chi connectivity index (χ3n) is 4.19. The zero-order chi connectivity index (χ0) is 20.8. The van der Waals surface area contributed by atoms with Crippen molar-refractivity contribution in [3.8, 4) is 11.5 Å². The van der Waals surface area contributed by atoms with E-state index in [0.717, 1.165) is 0 Å². The first kappa shape index (κ1) is 20.6. The van der Waals surface area contributed by atoms with Crippen molar-refractivity contribution in [1.82, 2.24) is 20.4 Å². The Morgan fingerprint density at radius 2 is 1.97 bits per heavy atom. The van der Waals surface area contributed by atoms with E-state index < -0.39 is 0 Å². The van der Waals surface area contributed by atoms with E-state index in [9.17, 15) is 9.59 Å². The molecule has 0 atom stereocenters. The Bertz CT molecular complexity index is 969. The fraction of sp³-hybridized carbons (Fsp3) is 0.300. The molecule has 152 valence electrons. The van der Waals surface area contributed by atoms with Gasteiger partial charge in [0.2, 0.25) is 17.7 Å². The summed E-state index contributed by atoms with van der Waals surface area (Å²) in [5.74, 6) is 0.308. The number of furan rings is 1. The molecule has 0 aliphatic rings. The van der Waals surface area contributed by atoms with Gasteiger partial charge in [0.15, 0.2) is 5.76 Å². The van der Waals surface area contributed by atoms with Crippen LogP contribution in [0.1, 0.15) is 36.7 Å². The second kappa shape index (κ2) is 9.38. The Hall–Kier alpha value is -3.13. The van der Waals surface area contributed by atoms with Gasteiger partial charge < -0.3 is 19.1 Å². The minimum atomic E-state index is -0.361. The summed E-state index contributed by atoms with van der Waals surface area (Å²) in [6, 6.07) is 10.3. The molecule has 0 fully saturated rings. The van der Waals surface area contributed by atoms with E-state index in [1.54, 1.807) is 29.2 Å². The molecule has 8 nitrogen and oxygen atoms in total. The first-order chi connectivity index (χ1) is 14.0. The summed E-state index contributed by atoms with van der Waals surface area (Å²) in [7, 11) is 0. The second-order valence-electron chi connectivity index (χ2n) is 6.58. The van der Waals surface area contributed by atoms with E-state index in [-0.39, 0.29) is 43.1 Å². The fourth-order valence-corrected chi connectivity index (χ4v) is 2.90. The van der Waals surface area contributed by atoms with Gasteiger partial charge in [-0.05, 0) is 38.1 Å². The highest BCUT2D eigenvalue weighted by Gasteiger charge is 2.21. The summed E-state index contributed by atoms with van der Waals surface area (Å²) in [5.41, 5.74) is 0.635. The Balaban J connectivity index is 1.59. The molecular weight excluding hydrogens is 396 g/mol. The molecule has 9 heteroatoms. The standard InChI is InChI=1S/C20H21ClN4O4/c1-13(2)25(18(26)9-10-22-19(27)16-8-5-11-28-16)12-17-23-24-20(29-17)14-6-3-4-7-15(14)21/h3-8,11,13H,9-10,12H2,1-2H3,(H,22,27). The number of aromatic nitrogens is 2. The lowest BCUT2D eigenvalue weighted by Gasteiger charge is -2.25. The number of amides is 2. The summed E-state index contributed by atoms with van der Waals surface area (Å²) in [5, 5.41) is 11.2. The summed E-state index contributed by atoms with van der Waals surface area (Å²) >= 11 is 6.16. The van der Waals surface area contributed by atoms with Gasteiger partial charge in [-0.3, -0.25) is 9.59 Å². The molecule has 0 unspecified atom stereocenters. The topological polar surface area (TPSA) is 101 Å². The molecule has 2 aromatic heterocycles. The van der Waals surface area contributed by atoms with Crippen molar-refractivity contribution in [2.75, 3.05) is 6.54 Å². The molecule has 0 saturated heterocycles. The fourth-order valence-electron chi connectivity index (χ4n) is 2.69. The van der Waals surface area contributed by atoms with Crippen LogP contribution in [-0.2, 0) is 11.3 Å². The zero-order valence-electron chi connectivity index (χ0n) is 16.1. The zero-order valence-corrected chi connectivity index (χ0v) is 16.8. The minimum Gasteiger partial charge on any atom is -0.459 e. The molecule has 29 heavy (non-hydrogen) atoms. The van der Waals surface area contributed by atoms with Crippen LogP contribution in [0.15, 0.2) is 51.5 Å². The Morgan fingerprint density at radius 3 is 2.66 bits per heavy atom. The molecule has 1 N–H and O–H groups in total. The van der Waals surface area contributed by atoms with Gasteiger partial charge in [-0.1, -0.05) is 23.7 Å². The summed E-state index contributed by atoms with van der Waals surface area (Å²) in [6.07, 6.45) is 1.55. The average molecular weight is 417 g/mol. The van der Waals surface area contributed by atoms with E-state index >= 15 is 0 Å². The van der Waals surface area contributed by atoms with Gasteiger partial charge in [0.1, 0.15) is 0 Å². The highest BCUT2D eigenvalue weighted by Crippen LogP contribution is 2.26. The van der Waals surface area contributed by atoms with Crippen molar-refractivity contribution in [2.45, 2.75) is 32.9 Å². The number of carbonyl (C=O) groups is 2. The van der Waals surface area contributed by atoms with Gasteiger partial charge in [-0.15, -0.1) is 10.2 Å². The summed E-state index contributed by atoms with van der Waals surface area (Å²) in [6.45, 7) is 4.14. The number of hydrogen-bond acceptors (Lipinski definition) is 6. The molecule has 3 rings (SSSR count). The Kier molecular flexibility index (Phi) is 6.66. The van der Waals surface area contributed by atoms with Gasteiger partial charge in [0.05, 0.1) is 23.4 Å². The molecule has 0 spiro atoms. The number of carbonyl (C=O) groups excluding carboxylic acids is 2. The molecule has 0 bridgehead atoms. The van der Waals surface area contributed by atoms with Gasteiger partial charge >= 0.3 is 0 Å². The lowest BCUT2D eigenvalue weighted by atomic mass is 10.2. The number of hydrogen-bond donors (Lipinski definition) is 1. The van der Waals surface area contributed by atoms with Gasteiger partial charge in [-0.25, -0.2) is 0 Å². The van der Waals surface area contributed by atoms with Gasteiger partial charge in [0.25, 0.3) is 5.91 Å². The molecule has 0 saturated carbocycles. The lowest BCUT2D eigenvalue weighted by Crippen LogP contribution is -2.38. The van der Waals surface area contributed by atoms with E-state index in [0.29, 0.717) is 22.4 Å². The van der Waals surface area contributed by atoms with Gasteiger partial charge in [-0.2, -0.15) is 0 Å². The van der Waals surface area contributed by atoms with Crippen LogP contribution in [0, 0.1) is 0 Å². The first-order valence-corrected chi connectivity index (χ1v) is 9.52. The smallest absolute Gasteiger partial charge is 0.286 e. The van der Waals surface area contributed by atoms with E-state index in [4.69, 9.17) is 20.4 Å². The van der Waals surface area contributed by atoms with E-state index in [2.05, 4.69) is 15.5 Å². The van der Waals surface area contributed by atoms with Crippen LogP contribution < -0.4 is 5.32 Å². The molecule has 0 aliphatic carbocycles. The number of nitrogens with one attached hydrogen (secondary N) is 1. The maximum Gasteiger partial charge on any atom is 0.286 e. The monoisotopic (exact) mass is 416 g/mol. The maximum atomic E-state index is 12.6. The summed E-state index contributed by atoms with van der Waals surface area (Å²) < 4.78 is 10.7. The minimum absolute atomic E-state index is 0.0843. The molecule has 2 heterocycles. The van der Waals surface area contributed by atoms with Crippen molar-refractivity contribution in [1.29, 1.82) is 0 Å². The quantitative estimate of drug-likeness (QED) is 0.602. The van der Waals surface area contributed by atoms with Crippen molar-refractivity contribution >= 4 is 23.4 Å². The van der Waals surface area contributed by atoms with Crippen molar-refractivity contribution in [3.63, 3.8) is 0 Å². The number of rotatable bonds is 8. The van der Waals surface area contributed by atoms with E-state index in [1.807, 2.05) is 26.0 Å². The van der Waals surface area contributed by atoms with Crippen LogP contribution in [0.3, 0.4) is 0 Å². The lowest BCUT2D eigenvalue weighted by molar-refractivity contribution is -0.133. The van der Waals surface area contributed by atoms with Gasteiger partial charge in [0, 0.05) is 19.0 Å². The van der Waals surface area contributed by atoms with Crippen molar-refractivity contribution < 1.29 is 18.4 Å². The van der Waals surface area contributed by atoms with Crippen LogP contribution >= 0.6 is 11.6 Å². The Morgan fingerprint density at radius 1 is 1.17 bits per heavy atom. The predicted octanol–water partition coefficient (Wildman–Crippen LogP) is 3.54. The summed E-state index contributed by atoms with van der Waals surface area (Å²) in [4.78, 5) is 26.1. The van der Waals surface area contributed by atoms with Crippen molar-refractivity contribution in [2.24, 2.45) is 0 Å². The molecule has 2 amide bonds. The third kappa shape index (κ3) is 5.23. The SMILES string of the molecule is CC(C)N(Cc1nnc(-c2ccccc2Cl)o1)C(=O)CCNC(=O)c1ccco1. The predicted molar refractivity (Wildman–Crippen MR) is 106 cm³/mol. The van der Waals surface area contributed by atoms with Crippen LogP contribution in [0.25, 0.3) is 11.5 Å². The van der Waals surface area contributed by atoms with Crippen LogP contribution in [-0.4, -0.2) is 39.5 Å². The first-order valence-electron chi connectivity index (χ1n) is 9.14. The maximum absolute atomic E-state index is 12.6. The second-order valence-corrected chi connectivity index (χ2v) is 6.99. The number of nitrogens with zero attached hydrogens (tertiary/aromatic N) is 3.